The average molecular weight is 252 g/mol. The van der Waals surface area contributed by atoms with Gasteiger partial charge in [-0.2, -0.15) is 0 Å². The molecule has 0 spiro atoms. The summed E-state index contributed by atoms with van der Waals surface area (Å²) in [5.41, 5.74) is 1.12. The second-order valence-electron chi connectivity index (χ2n) is 2.24. The number of hydrogen-bond donors (Lipinski definition) is 0. The molecule has 0 saturated heterocycles. The molecule has 60 valence electrons. The smallest absolute Gasteiger partial charge is 0.0571 e. The number of hydrogen-bond acceptors (Lipinski definition) is 1. The first-order valence-corrected chi connectivity index (χ1v) is 5.54. The van der Waals surface area contributed by atoms with Crippen LogP contribution in [0, 0.1) is 6.92 Å². The van der Waals surface area contributed by atoms with Crippen LogP contribution in [0.1, 0.15) is 5.56 Å². The van der Waals surface area contributed by atoms with Crippen LogP contribution >= 0.6 is 39.3 Å². The number of thioether (sulfide) groups is 1. The lowest BCUT2D eigenvalue weighted by atomic mass is 10.2. The topological polar surface area (TPSA) is 0 Å². The Morgan fingerprint density at radius 3 is 2.64 bits per heavy atom. The van der Waals surface area contributed by atoms with Crippen molar-refractivity contribution in [3.05, 3.63) is 27.2 Å². The predicted molar refractivity (Wildman–Crippen MR) is 55.7 cm³/mol. The van der Waals surface area contributed by atoms with E-state index in [1.54, 1.807) is 11.8 Å². The van der Waals surface area contributed by atoms with Crippen LogP contribution in [0.4, 0.5) is 0 Å². The molecule has 0 unspecified atom stereocenters. The molecule has 0 saturated carbocycles. The molecule has 11 heavy (non-hydrogen) atoms. The van der Waals surface area contributed by atoms with Crippen LogP contribution in [0.15, 0.2) is 21.5 Å². The van der Waals surface area contributed by atoms with Crippen LogP contribution in [0.2, 0.25) is 5.02 Å². The Kier molecular flexibility index (Phi) is 3.29. The van der Waals surface area contributed by atoms with Gasteiger partial charge in [-0.3, -0.25) is 0 Å². The summed E-state index contributed by atoms with van der Waals surface area (Å²) in [6, 6.07) is 4.04. The molecule has 0 aliphatic rings. The van der Waals surface area contributed by atoms with Crippen LogP contribution < -0.4 is 0 Å². The van der Waals surface area contributed by atoms with Gasteiger partial charge in [0.15, 0.2) is 0 Å². The van der Waals surface area contributed by atoms with E-state index in [0.717, 1.165) is 20.0 Å². The highest BCUT2D eigenvalue weighted by molar-refractivity contribution is 9.10. The van der Waals surface area contributed by atoms with Gasteiger partial charge >= 0.3 is 0 Å². The summed E-state index contributed by atoms with van der Waals surface area (Å²) in [6.07, 6.45) is 2.02. The van der Waals surface area contributed by atoms with E-state index in [0.29, 0.717) is 0 Å². The first-order valence-electron chi connectivity index (χ1n) is 3.15. The third kappa shape index (κ3) is 2.14. The molecule has 0 bridgehead atoms. The van der Waals surface area contributed by atoms with E-state index >= 15 is 0 Å². The Labute approximate surface area is 84.5 Å². The maximum atomic E-state index is 6.02. The molecule has 0 nitrogen and oxygen atoms in total. The maximum Gasteiger partial charge on any atom is 0.0571 e. The van der Waals surface area contributed by atoms with Gasteiger partial charge in [0.2, 0.25) is 0 Å². The van der Waals surface area contributed by atoms with Crippen molar-refractivity contribution in [1.29, 1.82) is 0 Å². The zero-order chi connectivity index (χ0) is 8.43. The van der Waals surface area contributed by atoms with Crippen LogP contribution in [0.5, 0.6) is 0 Å². The predicted octanol–water partition coefficient (Wildman–Crippen LogP) is 4.13. The van der Waals surface area contributed by atoms with Crippen molar-refractivity contribution in [2.45, 2.75) is 11.8 Å². The molecular weight excluding hydrogens is 244 g/mol. The average Bonchev–Trinajstić information content (AvgIpc) is 1.96. The van der Waals surface area contributed by atoms with Crippen molar-refractivity contribution in [2.75, 3.05) is 6.26 Å². The van der Waals surface area contributed by atoms with Gasteiger partial charge < -0.3 is 0 Å². The molecule has 0 radical (unpaired) electrons. The summed E-state index contributed by atoms with van der Waals surface area (Å²) >= 11 is 11.1. The van der Waals surface area contributed by atoms with E-state index in [4.69, 9.17) is 11.6 Å². The fourth-order valence-corrected chi connectivity index (χ4v) is 2.49. The molecule has 1 aromatic rings. The van der Waals surface area contributed by atoms with E-state index in [2.05, 4.69) is 15.9 Å². The Hall–Kier alpha value is 0.340. The summed E-state index contributed by atoms with van der Waals surface area (Å²) < 4.78 is 1.09. The zero-order valence-electron chi connectivity index (χ0n) is 6.32. The maximum absolute atomic E-state index is 6.02. The Balaban J connectivity index is 3.24. The monoisotopic (exact) mass is 250 g/mol. The van der Waals surface area contributed by atoms with Gasteiger partial charge in [0.05, 0.1) is 5.02 Å². The second-order valence-corrected chi connectivity index (χ2v) is 4.38. The van der Waals surface area contributed by atoms with Crippen LogP contribution in [-0.2, 0) is 0 Å². The molecule has 0 aliphatic heterocycles. The standard InChI is InChI=1S/C8H8BrClS/c1-5-3-6(9)4-7(11-2)8(5)10/h3-4H,1-2H3. The van der Waals surface area contributed by atoms with Gasteiger partial charge in [-0.1, -0.05) is 27.5 Å². The first kappa shape index (κ1) is 9.43. The van der Waals surface area contributed by atoms with Gasteiger partial charge in [0, 0.05) is 9.37 Å². The Morgan fingerprint density at radius 1 is 1.45 bits per heavy atom. The number of rotatable bonds is 1. The van der Waals surface area contributed by atoms with Crippen molar-refractivity contribution < 1.29 is 0 Å². The van der Waals surface area contributed by atoms with E-state index in [1.807, 2.05) is 25.3 Å². The number of aryl methyl sites for hydroxylation is 1. The largest absolute Gasteiger partial charge is 0.128 e. The molecule has 0 aliphatic carbocycles. The summed E-state index contributed by atoms with van der Waals surface area (Å²) in [7, 11) is 0. The molecule has 0 N–H and O–H groups in total. The Morgan fingerprint density at radius 2 is 2.09 bits per heavy atom. The van der Waals surface area contributed by atoms with Crippen LogP contribution in [0.3, 0.4) is 0 Å². The quantitative estimate of drug-likeness (QED) is 0.676. The van der Waals surface area contributed by atoms with Gasteiger partial charge in [-0.25, -0.2) is 0 Å². The molecule has 1 rings (SSSR count). The lowest BCUT2D eigenvalue weighted by molar-refractivity contribution is 1.34. The third-order valence-electron chi connectivity index (χ3n) is 1.41. The lowest BCUT2D eigenvalue weighted by Gasteiger charge is -2.04. The molecule has 0 heterocycles. The van der Waals surface area contributed by atoms with Crippen molar-refractivity contribution in [2.24, 2.45) is 0 Å². The summed E-state index contributed by atoms with van der Waals surface area (Å²) in [5.74, 6) is 0. The fourth-order valence-electron chi connectivity index (χ4n) is 0.843. The third-order valence-corrected chi connectivity index (χ3v) is 3.24. The molecule has 3 heteroatoms. The van der Waals surface area contributed by atoms with E-state index in [1.165, 1.54) is 0 Å². The van der Waals surface area contributed by atoms with Gasteiger partial charge in [0.25, 0.3) is 0 Å². The first-order chi connectivity index (χ1) is 5.15. The lowest BCUT2D eigenvalue weighted by Crippen LogP contribution is -1.79. The van der Waals surface area contributed by atoms with Crippen molar-refractivity contribution in [3.8, 4) is 0 Å². The molecule has 0 aromatic heterocycles. The molecule has 0 fully saturated rings. The van der Waals surface area contributed by atoms with E-state index in [9.17, 15) is 0 Å². The number of halogens is 2. The summed E-state index contributed by atoms with van der Waals surface area (Å²) in [4.78, 5) is 1.12. The zero-order valence-corrected chi connectivity index (χ0v) is 9.48. The fraction of sp³-hybridized carbons (Fsp3) is 0.250. The molecule has 0 atom stereocenters. The van der Waals surface area contributed by atoms with E-state index in [-0.39, 0.29) is 0 Å². The molecular formula is C8H8BrClS. The SMILES string of the molecule is CSc1cc(Br)cc(C)c1Cl. The van der Waals surface area contributed by atoms with Crippen molar-refractivity contribution >= 4 is 39.3 Å². The highest BCUT2D eigenvalue weighted by atomic mass is 79.9. The summed E-state index contributed by atoms with van der Waals surface area (Å²) in [5, 5.41) is 0.862. The normalized spacial score (nSPS) is 10.2. The van der Waals surface area contributed by atoms with Gasteiger partial charge in [-0.05, 0) is 30.9 Å². The van der Waals surface area contributed by atoms with Crippen molar-refractivity contribution in [3.63, 3.8) is 0 Å². The minimum absolute atomic E-state index is 0.862. The molecule has 0 amide bonds. The highest BCUT2D eigenvalue weighted by Gasteiger charge is 2.02. The van der Waals surface area contributed by atoms with Crippen molar-refractivity contribution in [1.82, 2.24) is 0 Å². The van der Waals surface area contributed by atoms with Gasteiger partial charge in [-0.15, -0.1) is 11.8 Å². The van der Waals surface area contributed by atoms with Crippen LogP contribution in [0.25, 0.3) is 0 Å². The highest BCUT2D eigenvalue weighted by Crippen LogP contribution is 2.31. The van der Waals surface area contributed by atoms with Crippen LogP contribution in [-0.4, -0.2) is 6.26 Å². The minimum Gasteiger partial charge on any atom is -0.128 e. The number of benzene rings is 1. The summed E-state index contributed by atoms with van der Waals surface area (Å²) in [6.45, 7) is 2.01. The van der Waals surface area contributed by atoms with E-state index < -0.39 is 0 Å². The minimum atomic E-state index is 0.862. The Bertz CT molecular complexity index is 273. The molecule has 1 aromatic carbocycles. The second kappa shape index (κ2) is 3.83. The van der Waals surface area contributed by atoms with Gasteiger partial charge in [0.1, 0.15) is 0 Å².